The normalized spacial score (nSPS) is 26.1. The summed E-state index contributed by atoms with van der Waals surface area (Å²) < 4.78 is 0. The van der Waals surface area contributed by atoms with Crippen LogP contribution in [0.1, 0.15) is 43.2 Å². The van der Waals surface area contributed by atoms with E-state index in [9.17, 15) is 14.7 Å². The monoisotopic (exact) mass is 325 g/mol. The molecule has 1 heterocycles. The minimum absolute atomic E-state index is 0.0436. The molecule has 24 heavy (non-hydrogen) atoms. The van der Waals surface area contributed by atoms with Crippen molar-refractivity contribution in [3.63, 3.8) is 0 Å². The summed E-state index contributed by atoms with van der Waals surface area (Å²) >= 11 is 0. The van der Waals surface area contributed by atoms with Gasteiger partial charge < -0.3 is 10.0 Å². The zero-order chi connectivity index (χ0) is 16.7. The second kappa shape index (κ2) is 6.08. The summed E-state index contributed by atoms with van der Waals surface area (Å²) in [6.07, 6.45) is 5.29. The number of aliphatic carboxylic acids is 1. The Hall–Kier alpha value is -2.10. The molecule has 1 saturated heterocycles. The Morgan fingerprint density at radius 1 is 1.08 bits per heavy atom. The number of hydrogen-bond donors (Lipinski definition) is 1. The molecule has 0 saturated carbocycles. The maximum absolute atomic E-state index is 13.2. The summed E-state index contributed by atoms with van der Waals surface area (Å²) in [4.78, 5) is 26.9. The molecule has 2 unspecified atom stereocenters. The van der Waals surface area contributed by atoms with Crippen molar-refractivity contribution in [2.24, 2.45) is 11.8 Å². The highest BCUT2D eigenvalue weighted by atomic mass is 16.4. The number of benzene rings is 1. The van der Waals surface area contributed by atoms with Crippen LogP contribution in [0, 0.1) is 11.8 Å². The van der Waals surface area contributed by atoms with E-state index in [0.29, 0.717) is 6.42 Å². The third-order valence-electron chi connectivity index (χ3n) is 5.85. The fourth-order valence-electron chi connectivity index (χ4n) is 4.65. The second-order valence-corrected chi connectivity index (χ2v) is 7.18. The van der Waals surface area contributed by atoms with Gasteiger partial charge in [-0.25, -0.2) is 0 Å². The molecule has 126 valence electrons. The lowest BCUT2D eigenvalue weighted by Crippen LogP contribution is -2.45. The van der Waals surface area contributed by atoms with Crippen molar-refractivity contribution in [1.29, 1.82) is 0 Å². The van der Waals surface area contributed by atoms with Crippen LogP contribution in [-0.2, 0) is 16.0 Å². The van der Waals surface area contributed by atoms with E-state index in [-0.39, 0.29) is 5.91 Å². The summed E-state index contributed by atoms with van der Waals surface area (Å²) in [5.41, 5.74) is 4.78. The van der Waals surface area contributed by atoms with Crippen LogP contribution in [0.3, 0.4) is 0 Å². The van der Waals surface area contributed by atoms with E-state index in [1.54, 1.807) is 0 Å². The highest BCUT2D eigenvalue weighted by Gasteiger charge is 2.44. The van der Waals surface area contributed by atoms with Crippen molar-refractivity contribution < 1.29 is 14.7 Å². The number of fused-ring (bicyclic) bond motifs is 2. The van der Waals surface area contributed by atoms with Gasteiger partial charge in [-0.15, -0.1) is 0 Å². The van der Waals surface area contributed by atoms with Gasteiger partial charge in [-0.2, -0.15) is 0 Å². The van der Waals surface area contributed by atoms with Crippen LogP contribution in [-0.4, -0.2) is 35.0 Å². The Bertz CT molecular complexity index is 715. The van der Waals surface area contributed by atoms with Crippen LogP contribution in [0.4, 0.5) is 0 Å². The lowest BCUT2D eigenvalue weighted by atomic mass is 9.74. The van der Waals surface area contributed by atoms with Crippen LogP contribution in [0.2, 0.25) is 0 Å². The average Bonchev–Trinajstić information content (AvgIpc) is 2.99. The summed E-state index contributed by atoms with van der Waals surface area (Å²) in [5, 5.41) is 9.70. The molecule has 1 amide bonds. The molecular weight excluding hydrogens is 302 g/mol. The minimum Gasteiger partial charge on any atom is -0.481 e. The number of rotatable bonds is 2. The molecule has 1 aromatic carbocycles. The molecule has 0 bridgehead atoms. The largest absolute Gasteiger partial charge is 0.481 e. The molecule has 0 spiro atoms. The van der Waals surface area contributed by atoms with Gasteiger partial charge in [-0.3, -0.25) is 9.59 Å². The summed E-state index contributed by atoms with van der Waals surface area (Å²) in [6, 6.07) is 8.26. The fraction of sp³-hybridized carbons (Fsp3) is 0.500. The highest BCUT2D eigenvalue weighted by molar-refractivity contribution is 5.93. The predicted molar refractivity (Wildman–Crippen MR) is 91.3 cm³/mol. The van der Waals surface area contributed by atoms with Crippen LogP contribution in [0.25, 0.3) is 5.57 Å². The molecule has 2 atom stereocenters. The number of allylic oxidation sites excluding steroid dienone is 1. The lowest BCUT2D eigenvalue weighted by Gasteiger charge is -2.36. The number of carboxylic acids is 1. The Labute approximate surface area is 142 Å². The Morgan fingerprint density at radius 3 is 2.58 bits per heavy atom. The van der Waals surface area contributed by atoms with E-state index < -0.39 is 17.8 Å². The molecular formula is C20H23NO3. The van der Waals surface area contributed by atoms with Gasteiger partial charge in [0.05, 0.1) is 11.8 Å². The number of amides is 1. The van der Waals surface area contributed by atoms with Crippen molar-refractivity contribution in [3.8, 4) is 0 Å². The van der Waals surface area contributed by atoms with E-state index in [1.165, 1.54) is 16.7 Å². The zero-order valence-corrected chi connectivity index (χ0v) is 13.8. The Kier molecular flexibility index (Phi) is 3.91. The third-order valence-corrected chi connectivity index (χ3v) is 5.85. The molecule has 4 nitrogen and oxygen atoms in total. The SMILES string of the molecule is O=C(O)C1CCC2=C(Cc3ccccc32)C1C(=O)N1CCCCC1. The van der Waals surface area contributed by atoms with Crippen molar-refractivity contribution in [2.45, 2.75) is 38.5 Å². The quantitative estimate of drug-likeness (QED) is 0.909. The van der Waals surface area contributed by atoms with Crippen LogP contribution < -0.4 is 0 Å². The third kappa shape index (κ3) is 2.45. The van der Waals surface area contributed by atoms with E-state index >= 15 is 0 Å². The first kappa shape index (κ1) is 15.4. The molecule has 0 aromatic heterocycles. The number of hydrogen-bond acceptors (Lipinski definition) is 2. The van der Waals surface area contributed by atoms with Gasteiger partial charge in [0.1, 0.15) is 0 Å². The maximum Gasteiger partial charge on any atom is 0.307 e. The van der Waals surface area contributed by atoms with E-state index in [2.05, 4.69) is 12.1 Å². The van der Waals surface area contributed by atoms with E-state index in [1.807, 2.05) is 17.0 Å². The van der Waals surface area contributed by atoms with E-state index in [4.69, 9.17) is 0 Å². The molecule has 1 aliphatic heterocycles. The Morgan fingerprint density at radius 2 is 1.83 bits per heavy atom. The molecule has 4 heteroatoms. The van der Waals surface area contributed by atoms with E-state index in [0.717, 1.165) is 50.8 Å². The van der Waals surface area contributed by atoms with Gasteiger partial charge in [0.2, 0.25) is 5.91 Å². The number of carbonyl (C=O) groups is 2. The molecule has 0 radical (unpaired) electrons. The molecule has 3 aliphatic rings. The maximum atomic E-state index is 13.2. The molecule has 1 aromatic rings. The van der Waals surface area contributed by atoms with Crippen LogP contribution in [0.15, 0.2) is 29.8 Å². The Balaban J connectivity index is 1.71. The molecule has 1 fully saturated rings. The number of likely N-dealkylation sites (tertiary alicyclic amines) is 1. The standard InChI is InChI=1S/C20H23NO3/c22-19(21-10-4-1-5-11-21)18-16(20(23)24)9-8-15-14-7-3-2-6-13(14)12-17(15)18/h2-3,6-7,16,18H,1,4-5,8-12H2,(H,23,24). The average molecular weight is 325 g/mol. The summed E-state index contributed by atoms with van der Waals surface area (Å²) in [7, 11) is 0. The van der Waals surface area contributed by atoms with Crippen LogP contribution >= 0.6 is 0 Å². The topological polar surface area (TPSA) is 57.6 Å². The van der Waals surface area contributed by atoms with Crippen molar-refractivity contribution in [1.82, 2.24) is 4.90 Å². The van der Waals surface area contributed by atoms with Crippen molar-refractivity contribution in [2.75, 3.05) is 13.1 Å². The number of nitrogens with zero attached hydrogens (tertiary/aromatic N) is 1. The fourth-order valence-corrected chi connectivity index (χ4v) is 4.65. The number of piperidine rings is 1. The summed E-state index contributed by atoms with van der Waals surface area (Å²) in [6.45, 7) is 1.55. The van der Waals surface area contributed by atoms with Gasteiger partial charge in [0.15, 0.2) is 0 Å². The minimum atomic E-state index is -0.826. The zero-order valence-electron chi connectivity index (χ0n) is 13.8. The van der Waals surface area contributed by atoms with Gasteiger partial charge in [-0.1, -0.05) is 24.3 Å². The molecule has 1 N–H and O–H groups in total. The van der Waals surface area contributed by atoms with Crippen molar-refractivity contribution in [3.05, 3.63) is 41.0 Å². The lowest BCUT2D eigenvalue weighted by molar-refractivity contribution is -0.150. The first-order valence-electron chi connectivity index (χ1n) is 8.98. The second-order valence-electron chi connectivity index (χ2n) is 7.18. The first-order chi connectivity index (χ1) is 11.7. The van der Waals surface area contributed by atoms with Crippen LogP contribution in [0.5, 0.6) is 0 Å². The van der Waals surface area contributed by atoms with Gasteiger partial charge in [-0.05, 0) is 60.8 Å². The first-order valence-corrected chi connectivity index (χ1v) is 8.98. The van der Waals surface area contributed by atoms with Gasteiger partial charge in [0, 0.05) is 13.1 Å². The molecule has 2 aliphatic carbocycles. The molecule has 4 rings (SSSR count). The van der Waals surface area contributed by atoms with Crippen molar-refractivity contribution >= 4 is 17.4 Å². The predicted octanol–water partition coefficient (Wildman–Crippen LogP) is 3.12. The highest BCUT2D eigenvalue weighted by Crippen LogP contribution is 2.47. The summed E-state index contributed by atoms with van der Waals surface area (Å²) in [5.74, 6) is -1.83. The number of carbonyl (C=O) groups excluding carboxylic acids is 1. The van der Waals surface area contributed by atoms with Gasteiger partial charge in [0.25, 0.3) is 0 Å². The number of carboxylic acid groups (broad SMARTS) is 1. The van der Waals surface area contributed by atoms with Gasteiger partial charge >= 0.3 is 5.97 Å². The smallest absolute Gasteiger partial charge is 0.307 e.